The molecule has 41 heavy (non-hydrogen) atoms. The number of piperidine rings is 1. The quantitative estimate of drug-likeness (QED) is 0.487. The summed E-state index contributed by atoms with van der Waals surface area (Å²) < 4.78 is 35.2. The second-order valence-electron chi connectivity index (χ2n) is 11.3. The number of carbonyl (C=O) groups is 1. The molecule has 2 fully saturated rings. The summed E-state index contributed by atoms with van der Waals surface area (Å²) >= 11 is 0. The molecule has 0 bridgehead atoms. The molecule has 10 nitrogen and oxygen atoms in total. The van der Waals surface area contributed by atoms with Crippen molar-refractivity contribution in [2.75, 3.05) is 26.2 Å². The molecule has 0 unspecified atom stereocenters. The van der Waals surface area contributed by atoms with Gasteiger partial charge in [0.15, 0.2) is 0 Å². The van der Waals surface area contributed by atoms with Crippen LogP contribution in [0.15, 0.2) is 66.0 Å². The number of likely N-dealkylation sites (tertiary alicyclic amines) is 1. The minimum absolute atomic E-state index is 0.00598. The number of amides is 1. The minimum Gasteiger partial charge on any atom is -0.492 e. The van der Waals surface area contributed by atoms with Gasteiger partial charge < -0.3 is 15.2 Å². The lowest BCUT2D eigenvalue weighted by Crippen LogP contribution is -2.59. The number of sulfonamides is 1. The van der Waals surface area contributed by atoms with Crippen LogP contribution in [0.2, 0.25) is 0 Å². The standard InChI is InChI=1S/C30H35N5O5S/c1-21-4-2-12-32-25(21)20-34-13-8-30(9-14-34)10-15-40-27-16-22(23-5-3-11-31-18-23)6-7-28(27)41(38,39)35-19-24(36)17-26(35)29(37)33-30/h2-7,11-12,16,18,24,26,36H,8-10,13-15,17,19-20H2,1H3,(H,33,37)/t24-,26+/m1/s1. The van der Waals surface area contributed by atoms with Crippen LogP contribution >= 0.6 is 0 Å². The Morgan fingerprint density at radius 1 is 1.10 bits per heavy atom. The Balaban J connectivity index is 1.30. The molecular weight excluding hydrogens is 542 g/mol. The summed E-state index contributed by atoms with van der Waals surface area (Å²) in [5.41, 5.74) is 3.25. The van der Waals surface area contributed by atoms with Crippen LogP contribution in [0.3, 0.4) is 0 Å². The number of nitrogens with zero attached hydrogens (tertiary/aromatic N) is 4. The largest absolute Gasteiger partial charge is 0.492 e. The van der Waals surface area contributed by atoms with Gasteiger partial charge in [0.25, 0.3) is 0 Å². The fourth-order valence-corrected chi connectivity index (χ4v) is 7.88. The Hall–Kier alpha value is -3.38. The van der Waals surface area contributed by atoms with E-state index in [1.165, 1.54) is 6.07 Å². The van der Waals surface area contributed by atoms with Crippen LogP contribution in [0.4, 0.5) is 0 Å². The van der Waals surface area contributed by atoms with Gasteiger partial charge in [-0.15, -0.1) is 0 Å². The van der Waals surface area contributed by atoms with E-state index in [-0.39, 0.29) is 36.1 Å². The number of nitrogens with one attached hydrogen (secondary N) is 1. The van der Waals surface area contributed by atoms with Crippen molar-refractivity contribution in [3.05, 3.63) is 72.3 Å². The highest BCUT2D eigenvalue weighted by Crippen LogP contribution is 2.37. The molecule has 2 N–H and O–H groups in total. The lowest BCUT2D eigenvalue weighted by Gasteiger charge is -2.43. The Labute approximate surface area is 240 Å². The van der Waals surface area contributed by atoms with Crippen molar-refractivity contribution in [2.24, 2.45) is 0 Å². The van der Waals surface area contributed by atoms with Crippen molar-refractivity contribution >= 4 is 15.9 Å². The summed E-state index contributed by atoms with van der Waals surface area (Å²) in [7, 11) is -4.13. The molecule has 6 rings (SSSR count). The SMILES string of the molecule is Cc1cccnc1CN1CCC2(CCOc3cc(-c4cccnc4)ccc3S(=O)(=O)N3C[C@H](O)C[C@H]3C(=O)N2)CC1. The first kappa shape index (κ1) is 27.8. The van der Waals surface area contributed by atoms with Crippen LogP contribution < -0.4 is 10.1 Å². The molecule has 11 heteroatoms. The fourth-order valence-electron chi connectivity index (χ4n) is 6.14. The highest BCUT2D eigenvalue weighted by Gasteiger charge is 2.47. The van der Waals surface area contributed by atoms with Crippen molar-refractivity contribution in [1.29, 1.82) is 0 Å². The third kappa shape index (κ3) is 5.59. The summed E-state index contributed by atoms with van der Waals surface area (Å²) in [4.78, 5) is 24.7. The van der Waals surface area contributed by atoms with Crippen LogP contribution in [-0.2, 0) is 21.4 Å². The minimum atomic E-state index is -4.13. The predicted molar refractivity (Wildman–Crippen MR) is 152 cm³/mol. The van der Waals surface area contributed by atoms with Gasteiger partial charge in [0, 0.05) is 68.7 Å². The summed E-state index contributed by atoms with van der Waals surface area (Å²) in [6.45, 7) is 4.41. The zero-order valence-corrected chi connectivity index (χ0v) is 23.9. The number of aliphatic hydroxyl groups is 1. The van der Waals surface area contributed by atoms with Crippen molar-refractivity contribution < 1.29 is 23.1 Å². The smallest absolute Gasteiger partial charge is 0.247 e. The Kier molecular flexibility index (Phi) is 7.54. The molecule has 216 valence electrons. The molecule has 3 aliphatic heterocycles. The Bertz CT molecular complexity index is 1530. The fraction of sp³-hybridized carbons (Fsp3) is 0.433. The highest BCUT2D eigenvalue weighted by atomic mass is 32.2. The number of carbonyl (C=O) groups excluding carboxylic acids is 1. The summed E-state index contributed by atoms with van der Waals surface area (Å²) in [6.07, 6.45) is 6.24. The van der Waals surface area contributed by atoms with Crippen molar-refractivity contribution in [1.82, 2.24) is 24.5 Å². The van der Waals surface area contributed by atoms with Gasteiger partial charge in [0.1, 0.15) is 16.7 Å². The Morgan fingerprint density at radius 3 is 2.66 bits per heavy atom. The van der Waals surface area contributed by atoms with Crippen LogP contribution in [0.1, 0.15) is 36.9 Å². The number of ether oxygens (including phenoxy) is 1. The monoisotopic (exact) mass is 577 g/mol. The molecule has 1 aromatic carbocycles. The van der Waals surface area contributed by atoms with Crippen LogP contribution in [0.5, 0.6) is 5.75 Å². The number of aryl methyl sites for hydroxylation is 1. The third-order valence-corrected chi connectivity index (χ3v) is 10.5. The van der Waals surface area contributed by atoms with E-state index in [1.54, 1.807) is 24.5 Å². The lowest BCUT2D eigenvalue weighted by atomic mass is 9.84. The van der Waals surface area contributed by atoms with Crippen LogP contribution in [0, 0.1) is 6.92 Å². The first-order chi connectivity index (χ1) is 19.7. The molecule has 0 aliphatic carbocycles. The van der Waals surface area contributed by atoms with E-state index in [1.807, 2.05) is 24.4 Å². The van der Waals surface area contributed by atoms with Gasteiger partial charge in [0.2, 0.25) is 15.9 Å². The van der Waals surface area contributed by atoms with Crippen molar-refractivity contribution in [3.63, 3.8) is 0 Å². The maximum absolute atomic E-state index is 13.9. The van der Waals surface area contributed by atoms with E-state index in [9.17, 15) is 18.3 Å². The number of hydrogen-bond acceptors (Lipinski definition) is 8. The van der Waals surface area contributed by atoms with E-state index < -0.39 is 27.7 Å². The van der Waals surface area contributed by atoms with Gasteiger partial charge in [-0.25, -0.2) is 8.42 Å². The van der Waals surface area contributed by atoms with Crippen LogP contribution in [0.25, 0.3) is 11.1 Å². The third-order valence-electron chi connectivity index (χ3n) is 8.59. The lowest BCUT2D eigenvalue weighted by molar-refractivity contribution is -0.127. The summed E-state index contributed by atoms with van der Waals surface area (Å²) in [5.74, 6) is -0.131. The molecule has 2 atom stereocenters. The number of pyridine rings is 2. The first-order valence-electron chi connectivity index (χ1n) is 14.1. The van der Waals surface area contributed by atoms with E-state index in [2.05, 4.69) is 33.2 Å². The van der Waals surface area contributed by atoms with Gasteiger partial charge in [-0.2, -0.15) is 4.31 Å². The van der Waals surface area contributed by atoms with Crippen molar-refractivity contribution in [3.8, 4) is 16.9 Å². The maximum Gasteiger partial charge on any atom is 0.247 e. The summed E-state index contributed by atoms with van der Waals surface area (Å²) in [5, 5.41) is 13.7. The average molecular weight is 578 g/mol. The van der Waals surface area contributed by atoms with E-state index in [0.717, 1.165) is 46.3 Å². The number of rotatable bonds is 3. The molecule has 3 aliphatic rings. The van der Waals surface area contributed by atoms with Gasteiger partial charge >= 0.3 is 0 Å². The van der Waals surface area contributed by atoms with Crippen molar-refractivity contribution in [2.45, 2.75) is 61.7 Å². The second kappa shape index (κ2) is 11.1. The normalized spacial score (nSPS) is 24.5. The predicted octanol–water partition coefficient (Wildman–Crippen LogP) is 2.51. The molecule has 0 saturated carbocycles. The van der Waals surface area contributed by atoms with Gasteiger partial charge in [-0.05, 0) is 55.2 Å². The molecule has 5 heterocycles. The second-order valence-corrected chi connectivity index (χ2v) is 13.2. The molecule has 2 aromatic heterocycles. The Morgan fingerprint density at radius 2 is 1.90 bits per heavy atom. The molecule has 0 radical (unpaired) electrons. The number of hydrogen-bond donors (Lipinski definition) is 2. The van der Waals surface area contributed by atoms with Gasteiger partial charge in [-0.3, -0.25) is 19.7 Å². The maximum atomic E-state index is 13.9. The van der Waals surface area contributed by atoms with E-state index in [0.29, 0.717) is 19.3 Å². The molecule has 1 amide bonds. The van der Waals surface area contributed by atoms with E-state index >= 15 is 0 Å². The number of fused-ring (bicyclic) bond motifs is 2. The van der Waals surface area contributed by atoms with E-state index in [4.69, 9.17) is 4.74 Å². The molecule has 1 spiro atoms. The first-order valence-corrected chi connectivity index (χ1v) is 15.5. The van der Waals surface area contributed by atoms with Gasteiger partial charge in [0.05, 0.1) is 18.4 Å². The number of aliphatic hydroxyl groups excluding tert-OH is 1. The van der Waals surface area contributed by atoms with Crippen LogP contribution in [-0.4, -0.2) is 82.5 Å². The molecular formula is C30H35N5O5S. The molecule has 2 saturated heterocycles. The summed E-state index contributed by atoms with van der Waals surface area (Å²) in [6, 6.07) is 11.7. The zero-order chi connectivity index (χ0) is 28.6. The average Bonchev–Trinajstić information content (AvgIpc) is 3.38. The number of benzene rings is 1. The zero-order valence-electron chi connectivity index (χ0n) is 23.1. The van der Waals surface area contributed by atoms with Gasteiger partial charge in [-0.1, -0.05) is 18.2 Å². The topological polar surface area (TPSA) is 125 Å². The number of aromatic nitrogens is 2. The highest BCUT2D eigenvalue weighted by molar-refractivity contribution is 7.89. The molecule has 3 aromatic rings.